The van der Waals surface area contributed by atoms with Crippen molar-refractivity contribution in [3.05, 3.63) is 21.7 Å². The molecule has 0 aliphatic carbocycles. The summed E-state index contributed by atoms with van der Waals surface area (Å²) >= 11 is 5.70. The number of aliphatic hydroxyl groups excluding tert-OH is 1. The molecule has 0 aromatic carbocycles. The third-order valence-electron chi connectivity index (χ3n) is 2.27. The fraction of sp³-hybridized carbons (Fsp3) is 0.556. The minimum atomic E-state index is -0.472. The predicted octanol–water partition coefficient (Wildman–Crippen LogP) is 0.630. The minimum Gasteiger partial charge on any atom is -0.396 e. The van der Waals surface area contributed by atoms with Gasteiger partial charge in [0.2, 0.25) is 0 Å². The lowest BCUT2D eigenvalue weighted by Crippen LogP contribution is -2.32. The molecule has 84 valence electrons. The smallest absolute Gasteiger partial charge is 0.348 e. The summed E-state index contributed by atoms with van der Waals surface area (Å²) in [6, 6.07) is 1.68. The standard InChI is InChI=1S/C9H14ClN3O2/c1-6(3-4-14)13(2)8-5-7(10)11-9(15)12-8/h5-6,14H,3-4H2,1-2H3,(H,11,12,15)/t6-/m1/s1. The number of anilines is 1. The van der Waals surface area contributed by atoms with Crippen molar-refractivity contribution in [3.8, 4) is 0 Å². The summed E-state index contributed by atoms with van der Waals surface area (Å²) in [5, 5.41) is 9.06. The molecule has 0 spiro atoms. The van der Waals surface area contributed by atoms with E-state index in [0.717, 1.165) is 0 Å². The van der Waals surface area contributed by atoms with Crippen LogP contribution >= 0.6 is 11.6 Å². The largest absolute Gasteiger partial charge is 0.396 e. The van der Waals surface area contributed by atoms with E-state index in [2.05, 4.69) is 9.97 Å². The van der Waals surface area contributed by atoms with Gasteiger partial charge in [0.15, 0.2) is 0 Å². The minimum absolute atomic E-state index is 0.0976. The van der Waals surface area contributed by atoms with E-state index in [1.54, 1.807) is 18.0 Å². The number of nitrogens with one attached hydrogen (secondary N) is 1. The summed E-state index contributed by atoms with van der Waals surface area (Å²) in [5.41, 5.74) is -0.472. The molecule has 1 rings (SSSR count). The number of hydrogen-bond donors (Lipinski definition) is 2. The lowest BCUT2D eigenvalue weighted by atomic mass is 10.2. The van der Waals surface area contributed by atoms with Crippen LogP contribution < -0.4 is 10.6 Å². The molecule has 0 fully saturated rings. The van der Waals surface area contributed by atoms with Crippen molar-refractivity contribution in [2.75, 3.05) is 18.6 Å². The third-order valence-corrected chi connectivity index (χ3v) is 2.47. The fourth-order valence-electron chi connectivity index (χ4n) is 1.20. The normalized spacial score (nSPS) is 12.5. The molecule has 6 heteroatoms. The monoisotopic (exact) mass is 231 g/mol. The molecule has 0 bridgehead atoms. The highest BCUT2D eigenvalue weighted by molar-refractivity contribution is 6.29. The van der Waals surface area contributed by atoms with E-state index in [1.807, 2.05) is 6.92 Å². The van der Waals surface area contributed by atoms with Crippen LogP contribution in [0.1, 0.15) is 13.3 Å². The lowest BCUT2D eigenvalue weighted by Gasteiger charge is -2.24. The number of aromatic nitrogens is 2. The van der Waals surface area contributed by atoms with Crippen molar-refractivity contribution in [1.82, 2.24) is 9.97 Å². The zero-order chi connectivity index (χ0) is 11.4. The molecule has 15 heavy (non-hydrogen) atoms. The number of aliphatic hydroxyl groups is 1. The van der Waals surface area contributed by atoms with Gasteiger partial charge in [0.05, 0.1) is 0 Å². The Labute approximate surface area is 92.7 Å². The van der Waals surface area contributed by atoms with Crippen molar-refractivity contribution in [2.45, 2.75) is 19.4 Å². The molecule has 1 aromatic heterocycles. The van der Waals surface area contributed by atoms with E-state index in [0.29, 0.717) is 12.2 Å². The summed E-state index contributed by atoms with van der Waals surface area (Å²) in [6.07, 6.45) is 0.614. The summed E-state index contributed by atoms with van der Waals surface area (Å²) < 4.78 is 0. The van der Waals surface area contributed by atoms with Gasteiger partial charge in [-0.15, -0.1) is 0 Å². The molecule has 2 N–H and O–H groups in total. The second kappa shape index (κ2) is 5.14. The molecular formula is C9H14ClN3O2. The van der Waals surface area contributed by atoms with Crippen LogP contribution in [0.25, 0.3) is 0 Å². The van der Waals surface area contributed by atoms with Crippen molar-refractivity contribution >= 4 is 17.4 Å². The molecule has 0 aliphatic rings. The molecule has 1 atom stereocenters. The quantitative estimate of drug-likeness (QED) is 0.746. The summed E-state index contributed by atoms with van der Waals surface area (Å²) in [4.78, 5) is 19.0. The van der Waals surface area contributed by atoms with E-state index in [9.17, 15) is 4.79 Å². The van der Waals surface area contributed by atoms with Crippen molar-refractivity contribution in [1.29, 1.82) is 0 Å². The number of nitrogens with zero attached hydrogens (tertiary/aromatic N) is 2. The molecule has 1 aromatic rings. The van der Waals surface area contributed by atoms with Crippen molar-refractivity contribution < 1.29 is 5.11 Å². The average Bonchev–Trinajstić information content (AvgIpc) is 2.15. The van der Waals surface area contributed by atoms with Crippen LogP contribution in [0.5, 0.6) is 0 Å². The maximum atomic E-state index is 11.1. The second-order valence-corrected chi connectivity index (χ2v) is 3.77. The number of aromatic amines is 1. The van der Waals surface area contributed by atoms with Gasteiger partial charge in [0, 0.05) is 25.8 Å². The first-order chi connectivity index (χ1) is 7.04. The first-order valence-electron chi connectivity index (χ1n) is 4.65. The lowest BCUT2D eigenvalue weighted by molar-refractivity contribution is 0.277. The van der Waals surface area contributed by atoms with Gasteiger partial charge in [-0.25, -0.2) is 4.79 Å². The second-order valence-electron chi connectivity index (χ2n) is 3.36. The molecule has 5 nitrogen and oxygen atoms in total. The Kier molecular flexibility index (Phi) is 4.11. The maximum Gasteiger partial charge on any atom is 0.348 e. The molecule has 0 saturated carbocycles. The summed E-state index contributed by atoms with van der Waals surface area (Å²) in [7, 11) is 1.80. The van der Waals surface area contributed by atoms with Gasteiger partial charge in [-0.05, 0) is 13.3 Å². The van der Waals surface area contributed by atoms with Crippen molar-refractivity contribution in [3.63, 3.8) is 0 Å². The third kappa shape index (κ3) is 3.21. The zero-order valence-electron chi connectivity index (χ0n) is 8.70. The topological polar surface area (TPSA) is 69.2 Å². The molecule has 0 unspecified atom stereocenters. The fourth-order valence-corrected chi connectivity index (χ4v) is 1.38. The maximum absolute atomic E-state index is 11.1. The summed E-state index contributed by atoms with van der Waals surface area (Å²) in [6.45, 7) is 2.04. The molecule has 0 aliphatic heterocycles. The average molecular weight is 232 g/mol. The van der Waals surface area contributed by atoms with Crippen LogP contribution in [0, 0.1) is 0 Å². The highest BCUT2D eigenvalue weighted by Crippen LogP contribution is 2.14. The Morgan fingerprint density at radius 1 is 1.73 bits per heavy atom. The Morgan fingerprint density at radius 2 is 2.40 bits per heavy atom. The number of rotatable bonds is 4. The van der Waals surface area contributed by atoms with E-state index in [-0.39, 0.29) is 17.8 Å². The molecule has 0 radical (unpaired) electrons. The van der Waals surface area contributed by atoms with Crippen LogP contribution in [0.15, 0.2) is 10.9 Å². The molecule has 0 saturated heterocycles. The van der Waals surface area contributed by atoms with Gasteiger partial charge in [0.1, 0.15) is 11.0 Å². The van der Waals surface area contributed by atoms with Crippen molar-refractivity contribution in [2.24, 2.45) is 0 Å². The highest BCUT2D eigenvalue weighted by Gasteiger charge is 2.11. The van der Waals surface area contributed by atoms with Gasteiger partial charge in [0.25, 0.3) is 0 Å². The highest BCUT2D eigenvalue weighted by atomic mass is 35.5. The van der Waals surface area contributed by atoms with Gasteiger partial charge >= 0.3 is 5.69 Å². The predicted molar refractivity (Wildman–Crippen MR) is 59.4 cm³/mol. The number of H-pyrrole nitrogens is 1. The van der Waals surface area contributed by atoms with Gasteiger partial charge in [-0.2, -0.15) is 4.98 Å². The van der Waals surface area contributed by atoms with E-state index >= 15 is 0 Å². The SMILES string of the molecule is C[C@H](CCO)N(C)c1cc(Cl)[nH]c(=O)n1. The van der Waals surface area contributed by atoms with E-state index in [1.165, 1.54) is 0 Å². The molecule has 0 amide bonds. The molecular weight excluding hydrogens is 218 g/mol. The molecule has 1 heterocycles. The number of hydrogen-bond acceptors (Lipinski definition) is 4. The first-order valence-corrected chi connectivity index (χ1v) is 5.03. The Bertz CT molecular complexity index is 380. The van der Waals surface area contributed by atoms with Crippen LogP contribution in [0.3, 0.4) is 0 Å². The van der Waals surface area contributed by atoms with E-state index < -0.39 is 5.69 Å². The number of halogens is 1. The Morgan fingerprint density at radius 3 is 2.93 bits per heavy atom. The van der Waals surface area contributed by atoms with Crippen LogP contribution in [0.4, 0.5) is 5.82 Å². The van der Waals surface area contributed by atoms with Gasteiger partial charge in [-0.1, -0.05) is 11.6 Å². The Hall–Kier alpha value is -1.07. The summed E-state index contributed by atoms with van der Waals surface area (Å²) in [5.74, 6) is 0.504. The zero-order valence-corrected chi connectivity index (χ0v) is 9.45. The first kappa shape index (κ1) is 12.0. The van der Waals surface area contributed by atoms with Crippen LogP contribution in [-0.4, -0.2) is 34.8 Å². The Balaban J connectivity index is 2.90. The van der Waals surface area contributed by atoms with Crippen LogP contribution in [0.2, 0.25) is 5.15 Å². The van der Waals surface area contributed by atoms with Crippen LogP contribution in [-0.2, 0) is 0 Å². The van der Waals surface area contributed by atoms with Gasteiger partial charge in [-0.3, -0.25) is 4.98 Å². The van der Waals surface area contributed by atoms with Gasteiger partial charge < -0.3 is 10.0 Å². The van der Waals surface area contributed by atoms with E-state index in [4.69, 9.17) is 16.7 Å².